The molecular weight excluding hydrogens is 220 g/mol. The number of imide groups is 1. The third-order valence-corrected chi connectivity index (χ3v) is 2.17. The van der Waals surface area contributed by atoms with Gasteiger partial charge in [-0.2, -0.15) is 0 Å². The maximum atomic E-state index is 11.4. The van der Waals surface area contributed by atoms with Crippen molar-refractivity contribution in [2.45, 2.75) is 0 Å². The number of rotatable bonds is 0. The summed E-state index contributed by atoms with van der Waals surface area (Å²) in [4.78, 5) is 23.3. The number of carbonyl (C=O) groups excluding carboxylic acids is 2. The quantitative estimate of drug-likeness (QED) is 0.412. The van der Waals surface area contributed by atoms with Crippen LogP contribution in [0.1, 0.15) is 0 Å². The summed E-state index contributed by atoms with van der Waals surface area (Å²) in [6.07, 6.45) is 0. The normalized spacial score (nSPS) is 14.5. The van der Waals surface area contributed by atoms with Crippen molar-refractivity contribution in [3.8, 4) is 5.75 Å². The average molecular weight is 227 g/mol. The Labute approximate surface area is 90.4 Å². The predicted octanol–water partition coefficient (Wildman–Crippen LogP) is 1.35. The zero-order valence-corrected chi connectivity index (χ0v) is 8.32. The highest BCUT2D eigenvalue weighted by Crippen LogP contribution is 2.34. The average Bonchev–Trinajstić information content (AvgIpc) is 2.16. The summed E-state index contributed by atoms with van der Waals surface area (Å²) in [5.74, 6) is -0.0918. The molecule has 1 heterocycles. The fourth-order valence-electron chi connectivity index (χ4n) is 1.36. The number of hydrogen-bond acceptors (Lipinski definition) is 4. The lowest BCUT2D eigenvalue weighted by molar-refractivity contribution is -0.120. The Morgan fingerprint density at radius 3 is 2.93 bits per heavy atom. The van der Waals surface area contributed by atoms with Gasteiger partial charge in [-0.1, -0.05) is 0 Å². The van der Waals surface area contributed by atoms with Crippen LogP contribution in [0.3, 0.4) is 0 Å². The molecule has 0 saturated carbocycles. The van der Waals surface area contributed by atoms with Crippen LogP contribution in [0.5, 0.6) is 5.75 Å². The van der Waals surface area contributed by atoms with Crippen molar-refractivity contribution in [1.29, 1.82) is 0 Å². The third kappa shape index (κ3) is 1.61. The zero-order chi connectivity index (χ0) is 11.0. The summed E-state index contributed by atoms with van der Waals surface area (Å²) >= 11 is 5.30. The van der Waals surface area contributed by atoms with Crippen LogP contribution >= 0.6 is 11.6 Å². The van der Waals surface area contributed by atoms with Crippen molar-refractivity contribution in [2.75, 3.05) is 17.2 Å². The Morgan fingerprint density at radius 2 is 2.27 bits per heavy atom. The summed E-state index contributed by atoms with van der Waals surface area (Å²) in [7, 11) is 0. The summed E-state index contributed by atoms with van der Waals surface area (Å²) in [6, 6.07) is 4.67. The minimum atomic E-state index is -0.866. The molecular formula is C9H7ClN2O3. The molecule has 0 unspecified atom stereocenters. The summed E-state index contributed by atoms with van der Waals surface area (Å²) in [5, 5.41) is -0.866. The second kappa shape index (κ2) is 3.43. The first-order valence-electron chi connectivity index (χ1n) is 4.14. The fourth-order valence-corrected chi connectivity index (χ4v) is 1.55. The molecule has 0 spiro atoms. The van der Waals surface area contributed by atoms with Gasteiger partial charge in [0.05, 0.1) is 5.69 Å². The molecule has 0 bridgehead atoms. The minimum absolute atomic E-state index is 0.199. The minimum Gasteiger partial charge on any atom is -0.482 e. The van der Waals surface area contributed by atoms with E-state index in [0.29, 0.717) is 11.4 Å². The Hall–Kier alpha value is -1.75. The number of nitrogens with zero attached hydrogens (tertiary/aromatic N) is 1. The number of ether oxygens (including phenoxy) is 1. The molecule has 1 aromatic carbocycles. The number of hydrogen-bond donors (Lipinski definition) is 1. The topological polar surface area (TPSA) is 72.6 Å². The van der Waals surface area contributed by atoms with Crippen LogP contribution in [0.25, 0.3) is 0 Å². The van der Waals surface area contributed by atoms with E-state index >= 15 is 0 Å². The van der Waals surface area contributed by atoms with E-state index in [4.69, 9.17) is 22.1 Å². The van der Waals surface area contributed by atoms with Gasteiger partial charge in [-0.25, -0.2) is 4.90 Å². The molecule has 2 N–H and O–H groups in total. The van der Waals surface area contributed by atoms with Crippen molar-refractivity contribution < 1.29 is 14.3 Å². The lowest BCUT2D eigenvalue weighted by Crippen LogP contribution is -2.40. The van der Waals surface area contributed by atoms with Gasteiger partial charge in [0.25, 0.3) is 5.91 Å². The van der Waals surface area contributed by atoms with E-state index in [0.717, 1.165) is 4.90 Å². The van der Waals surface area contributed by atoms with Gasteiger partial charge in [0.1, 0.15) is 5.75 Å². The maximum absolute atomic E-state index is 11.4. The Bertz CT molecular complexity index is 447. The third-order valence-electron chi connectivity index (χ3n) is 2.00. The number of carbonyl (C=O) groups is 2. The number of fused-ring (bicyclic) bond motifs is 1. The molecule has 2 amide bonds. The molecule has 6 heteroatoms. The Morgan fingerprint density at radius 1 is 1.53 bits per heavy atom. The van der Waals surface area contributed by atoms with Gasteiger partial charge in [-0.05, 0) is 29.8 Å². The van der Waals surface area contributed by atoms with E-state index in [1.54, 1.807) is 12.1 Å². The monoisotopic (exact) mass is 226 g/mol. The van der Waals surface area contributed by atoms with E-state index < -0.39 is 11.3 Å². The van der Waals surface area contributed by atoms with Crippen molar-refractivity contribution in [3.63, 3.8) is 0 Å². The number of nitrogens with two attached hydrogens (primary N) is 1. The Balaban J connectivity index is 2.55. The first-order valence-corrected chi connectivity index (χ1v) is 4.52. The zero-order valence-electron chi connectivity index (χ0n) is 7.57. The van der Waals surface area contributed by atoms with Gasteiger partial charge in [0.2, 0.25) is 0 Å². The molecule has 0 radical (unpaired) electrons. The van der Waals surface area contributed by atoms with Crippen LogP contribution in [0.2, 0.25) is 0 Å². The van der Waals surface area contributed by atoms with Gasteiger partial charge in [0, 0.05) is 5.69 Å². The van der Waals surface area contributed by atoms with Crippen LogP contribution < -0.4 is 15.4 Å². The SMILES string of the molecule is Nc1ccc2c(c1)N(C(=O)Cl)C(=O)CO2. The van der Waals surface area contributed by atoms with Crippen LogP contribution in [0, 0.1) is 0 Å². The number of halogens is 1. The molecule has 0 aromatic heterocycles. The first kappa shape index (κ1) is 9.79. The molecule has 1 aliphatic rings. The smallest absolute Gasteiger partial charge is 0.327 e. The number of benzene rings is 1. The van der Waals surface area contributed by atoms with Crippen LogP contribution in [-0.2, 0) is 4.79 Å². The highest BCUT2D eigenvalue weighted by Gasteiger charge is 2.29. The molecule has 0 saturated heterocycles. The number of amides is 2. The van der Waals surface area contributed by atoms with Crippen LogP contribution in [-0.4, -0.2) is 17.9 Å². The molecule has 1 aromatic rings. The van der Waals surface area contributed by atoms with Gasteiger partial charge in [0.15, 0.2) is 6.61 Å². The van der Waals surface area contributed by atoms with Crippen LogP contribution in [0.4, 0.5) is 16.2 Å². The number of nitrogen functional groups attached to an aromatic ring is 1. The highest BCUT2D eigenvalue weighted by atomic mass is 35.5. The molecule has 2 rings (SSSR count). The van der Waals surface area contributed by atoms with E-state index in [2.05, 4.69) is 0 Å². The van der Waals surface area contributed by atoms with Gasteiger partial charge < -0.3 is 10.5 Å². The van der Waals surface area contributed by atoms with Gasteiger partial charge in [-0.15, -0.1) is 0 Å². The van der Waals surface area contributed by atoms with Gasteiger partial charge in [-0.3, -0.25) is 9.59 Å². The lowest BCUT2D eigenvalue weighted by Gasteiger charge is -2.25. The van der Waals surface area contributed by atoms with Crippen LogP contribution in [0.15, 0.2) is 18.2 Å². The molecule has 1 aliphatic heterocycles. The van der Waals surface area contributed by atoms with E-state index in [9.17, 15) is 9.59 Å². The first-order chi connectivity index (χ1) is 7.09. The van der Waals surface area contributed by atoms with Crippen molar-refractivity contribution >= 4 is 34.2 Å². The van der Waals surface area contributed by atoms with Crippen molar-refractivity contribution in [3.05, 3.63) is 18.2 Å². The highest BCUT2D eigenvalue weighted by molar-refractivity contribution is 6.68. The molecule has 5 nitrogen and oxygen atoms in total. The summed E-state index contributed by atoms with van der Waals surface area (Å²) < 4.78 is 5.11. The molecule has 0 fully saturated rings. The number of anilines is 2. The van der Waals surface area contributed by atoms with Crippen molar-refractivity contribution in [2.24, 2.45) is 0 Å². The largest absolute Gasteiger partial charge is 0.482 e. The lowest BCUT2D eigenvalue weighted by atomic mass is 10.2. The molecule has 0 atom stereocenters. The van der Waals surface area contributed by atoms with Crippen molar-refractivity contribution in [1.82, 2.24) is 0 Å². The predicted molar refractivity (Wildman–Crippen MR) is 55.1 cm³/mol. The second-order valence-electron chi connectivity index (χ2n) is 3.00. The van der Waals surface area contributed by atoms with E-state index in [1.165, 1.54) is 6.07 Å². The molecule has 15 heavy (non-hydrogen) atoms. The molecule has 78 valence electrons. The Kier molecular flexibility index (Phi) is 2.24. The van der Waals surface area contributed by atoms with Gasteiger partial charge >= 0.3 is 5.37 Å². The summed E-state index contributed by atoms with van der Waals surface area (Å²) in [6.45, 7) is -0.199. The fraction of sp³-hybridized carbons (Fsp3) is 0.111. The molecule has 0 aliphatic carbocycles. The van der Waals surface area contributed by atoms with E-state index in [-0.39, 0.29) is 12.3 Å². The standard InChI is InChI=1S/C9H7ClN2O3/c10-9(14)12-6-3-5(11)1-2-7(6)15-4-8(12)13/h1-3H,4,11H2. The van der Waals surface area contributed by atoms with E-state index in [1.807, 2.05) is 0 Å². The summed E-state index contributed by atoms with van der Waals surface area (Å²) in [5.41, 5.74) is 6.25. The maximum Gasteiger partial charge on any atom is 0.327 e. The second-order valence-corrected chi connectivity index (χ2v) is 3.32.